The molecular weight excluding hydrogens is 356 g/mol. The first kappa shape index (κ1) is 20.9. The lowest BCUT2D eigenvalue weighted by molar-refractivity contribution is -0.118. The van der Waals surface area contributed by atoms with Crippen LogP contribution in [-0.2, 0) is 16.0 Å². The molecule has 6 nitrogen and oxygen atoms in total. The molecule has 0 unspecified atom stereocenters. The monoisotopic (exact) mass is 380 g/mol. The first-order chi connectivity index (χ1) is 13.4. The van der Waals surface area contributed by atoms with Crippen LogP contribution in [0.3, 0.4) is 0 Å². The molecule has 2 amide bonds. The molecule has 2 rings (SSSR count). The number of nitrogens with one attached hydrogen (secondary N) is 2. The van der Waals surface area contributed by atoms with Gasteiger partial charge in [0.25, 0.3) is 0 Å². The highest BCUT2D eigenvalue weighted by Crippen LogP contribution is 2.12. The Morgan fingerprint density at radius 1 is 0.964 bits per heavy atom. The van der Waals surface area contributed by atoms with Crippen LogP contribution in [0.4, 0.5) is 5.69 Å². The van der Waals surface area contributed by atoms with Gasteiger partial charge in [0.1, 0.15) is 5.75 Å². The molecular formula is C22H24N2O4. The maximum Gasteiger partial charge on any atom is 0.248 e. The molecule has 2 aromatic carbocycles. The molecule has 0 atom stereocenters. The molecule has 0 heterocycles. The highest BCUT2D eigenvalue weighted by atomic mass is 16.5. The standard InChI is InChI=1S/C22H24N2O4/c1-15(14-21(26)24-19-8-6-18(7-9-19)16(2)25)22(27)23-13-12-17-4-10-20(28-3)11-5-17/h4-11,14H,12-13H2,1-3H3,(H,23,27)(H,24,26)/b15-14-. The normalized spacial score (nSPS) is 10.9. The van der Waals surface area contributed by atoms with Crippen molar-refractivity contribution in [1.82, 2.24) is 5.32 Å². The number of ether oxygens (including phenoxy) is 1. The Kier molecular flexibility index (Phi) is 7.51. The van der Waals surface area contributed by atoms with Gasteiger partial charge in [0.15, 0.2) is 5.78 Å². The number of carbonyl (C=O) groups excluding carboxylic acids is 3. The van der Waals surface area contributed by atoms with Gasteiger partial charge in [-0.1, -0.05) is 12.1 Å². The topological polar surface area (TPSA) is 84.5 Å². The molecule has 0 radical (unpaired) electrons. The van der Waals surface area contributed by atoms with E-state index in [-0.39, 0.29) is 11.7 Å². The molecule has 2 aromatic rings. The van der Waals surface area contributed by atoms with Gasteiger partial charge in [-0.3, -0.25) is 14.4 Å². The number of Topliss-reactive ketones (excluding diaryl/α,β-unsaturated/α-hetero) is 1. The van der Waals surface area contributed by atoms with Gasteiger partial charge in [-0.2, -0.15) is 0 Å². The molecule has 6 heteroatoms. The molecule has 146 valence electrons. The Morgan fingerprint density at radius 2 is 1.61 bits per heavy atom. The zero-order valence-corrected chi connectivity index (χ0v) is 16.2. The molecule has 28 heavy (non-hydrogen) atoms. The van der Waals surface area contributed by atoms with Crippen LogP contribution >= 0.6 is 0 Å². The first-order valence-electron chi connectivity index (χ1n) is 8.90. The predicted octanol–water partition coefficient (Wildman–Crippen LogP) is 3.14. The summed E-state index contributed by atoms with van der Waals surface area (Å²) in [7, 11) is 1.61. The summed E-state index contributed by atoms with van der Waals surface area (Å²) < 4.78 is 5.11. The van der Waals surface area contributed by atoms with E-state index in [0.717, 1.165) is 11.3 Å². The Hall–Kier alpha value is -3.41. The van der Waals surface area contributed by atoms with Crippen molar-refractivity contribution in [1.29, 1.82) is 0 Å². The summed E-state index contributed by atoms with van der Waals surface area (Å²) in [5.74, 6) is 0.0439. The third kappa shape index (κ3) is 6.39. The van der Waals surface area contributed by atoms with Crippen LogP contribution in [0.2, 0.25) is 0 Å². The van der Waals surface area contributed by atoms with Crippen molar-refractivity contribution in [2.75, 3.05) is 19.0 Å². The van der Waals surface area contributed by atoms with Crippen molar-refractivity contribution in [3.8, 4) is 5.75 Å². The third-order valence-corrected chi connectivity index (χ3v) is 4.12. The van der Waals surface area contributed by atoms with Crippen LogP contribution in [0, 0.1) is 0 Å². The number of anilines is 1. The summed E-state index contributed by atoms with van der Waals surface area (Å²) in [6, 6.07) is 14.2. The van der Waals surface area contributed by atoms with Gasteiger partial charge in [-0.15, -0.1) is 0 Å². The molecule has 2 N–H and O–H groups in total. The van der Waals surface area contributed by atoms with Crippen LogP contribution in [0.5, 0.6) is 5.75 Å². The summed E-state index contributed by atoms with van der Waals surface area (Å²) in [4.78, 5) is 35.4. The van der Waals surface area contributed by atoms with Crippen LogP contribution < -0.4 is 15.4 Å². The van der Waals surface area contributed by atoms with Gasteiger partial charge in [-0.05, 0) is 62.2 Å². The summed E-state index contributed by atoms with van der Waals surface area (Å²) in [6.07, 6.45) is 1.93. The molecule has 0 aromatic heterocycles. The molecule has 0 saturated heterocycles. The van der Waals surface area contributed by atoms with E-state index < -0.39 is 5.91 Å². The minimum Gasteiger partial charge on any atom is -0.497 e. The molecule has 0 aliphatic heterocycles. The van der Waals surface area contributed by atoms with E-state index in [9.17, 15) is 14.4 Å². The zero-order chi connectivity index (χ0) is 20.5. The van der Waals surface area contributed by atoms with Crippen molar-refractivity contribution >= 4 is 23.3 Å². The lowest BCUT2D eigenvalue weighted by Crippen LogP contribution is -2.27. The van der Waals surface area contributed by atoms with Crippen LogP contribution in [0.1, 0.15) is 29.8 Å². The quantitative estimate of drug-likeness (QED) is 0.544. The maximum atomic E-state index is 12.1. The molecule has 0 aliphatic rings. The van der Waals surface area contributed by atoms with E-state index in [0.29, 0.717) is 29.8 Å². The van der Waals surface area contributed by atoms with Gasteiger partial charge in [0, 0.05) is 29.4 Å². The average Bonchev–Trinajstić information content (AvgIpc) is 2.68. The number of amides is 2. The summed E-state index contributed by atoms with van der Waals surface area (Å²) in [5, 5.41) is 5.46. The number of methoxy groups -OCH3 is 1. The van der Waals surface area contributed by atoms with E-state index in [2.05, 4.69) is 10.6 Å². The molecule has 0 fully saturated rings. The van der Waals surface area contributed by atoms with E-state index in [4.69, 9.17) is 4.74 Å². The van der Waals surface area contributed by atoms with Crippen LogP contribution in [-0.4, -0.2) is 31.3 Å². The highest BCUT2D eigenvalue weighted by Gasteiger charge is 2.07. The van der Waals surface area contributed by atoms with Crippen molar-refractivity contribution in [3.63, 3.8) is 0 Å². The maximum absolute atomic E-state index is 12.1. The number of hydrogen-bond acceptors (Lipinski definition) is 4. The van der Waals surface area contributed by atoms with Gasteiger partial charge in [-0.25, -0.2) is 0 Å². The Bertz CT molecular complexity index is 868. The lowest BCUT2D eigenvalue weighted by Gasteiger charge is -2.07. The average molecular weight is 380 g/mol. The Labute approximate surface area is 164 Å². The summed E-state index contributed by atoms with van der Waals surface area (Å²) >= 11 is 0. The minimum atomic E-state index is -0.404. The fourth-order valence-corrected chi connectivity index (χ4v) is 2.48. The van der Waals surface area contributed by atoms with E-state index >= 15 is 0 Å². The molecule has 0 saturated carbocycles. The van der Waals surface area contributed by atoms with E-state index in [1.54, 1.807) is 38.3 Å². The minimum absolute atomic E-state index is 0.0417. The zero-order valence-electron chi connectivity index (χ0n) is 16.2. The second kappa shape index (κ2) is 10.1. The molecule has 0 bridgehead atoms. The summed E-state index contributed by atoms with van der Waals surface area (Å²) in [6.45, 7) is 3.53. The van der Waals surface area contributed by atoms with Crippen LogP contribution in [0.25, 0.3) is 0 Å². The van der Waals surface area contributed by atoms with Crippen molar-refractivity contribution in [2.45, 2.75) is 20.3 Å². The second-order valence-corrected chi connectivity index (χ2v) is 6.30. The van der Waals surface area contributed by atoms with Crippen molar-refractivity contribution in [2.24, 2.45) is 0 Å². The highest BCUT2D eigenvalue weighted by molar-refractivity contribution is 6.06. The van der Waals surface area contributed by atoms with Gasteiger partial charge < -0.3 is 15.4 Å². The number of benzene rings is 2. The van der Waals surface area contributed by atoms with Gasteiger partial charge in [0.05, 0.1) is 7.11 Å². The Morgan fingerprint density at radius 3 is 2.18 bits per heavy atom. The van der Waals surface area contributed by atoms with Gasteiger partial charge in [0.2, 0.25) is 11.8 Å². The van der Waals surface area contributed by atoms with Gasteiger partial charge >= 0.3 is 0 Å². The predicted molar refractivity (Wildman–Crippen MR) is 109 cm³/mol. The van der Waals surface area contributed by atoms with Crippen molar-refractivity contribution in [3.05, 3.63) is 71.3 Å². The fraction of sp³-hybridized carbons (Fsp3) is 0.227. The van der Waals surface area contributed by atoms with E-state index in [1.165, 1.54) is 13.0 Å². The molecule has 0 spiro atoms. The van der Waals surface area contributed by atoms with Crippen LogP contribution in [0.15, 0.2) is 60.2 Å². The van der Waals surface area contributed by atoms with E-state index in [1.807, 2.05) is 24.3 Å². The van der Waals surface area contributed by atoms with Crippen molar-refractivity contribution < 1.29 is 19.1 Å². The third-order valence-electron chi connectivity index (χ3n) is 4.12. The first-order valence-corrected chi connectivity index (χ1v) is 8.90. The second-order valence-electron chi connectivity index (χ2n) is 6.30. The number of rotatable bonds is 8. The Balaban J connectivity index is 1.82. The SMILES string of the molecule is COc1ccc(CCNC(=O)/C(C)=C\C(=O)Nc2ccc(C(C)=O)cc2)cc1. The number of hydrogen-bond donors (Lipinski definition) is 2. The lowest BCUT2D eigenvalue weighted by atomic mass is 10.1. The fourth-order valence-electron chi connectivity index (χ4n) is 2.48. The smallest absolute Gasteiger partial charge is 0.248 e. The largest absolute Gasteiger partial charge is 0.497 e. The number of ketones is 1. The number of carbonyl (C=O) groups is 3. The molecule has 0 aliphatic carbocycles. The summed E-state index contributed by atoms with van der Waals surface area (Å²) in [5.41, 5.74) is 2.52.